The van der Waals surface area contributed by atoms with E-state index in [1.165, 1.54) is 4.31 Å². The summed E-state index contributed by atoms with van der Waals surface area (Å²) in [4.78, 5) is 0. The van der Waals surface area contributed by atoms with Gasteiger partial charge >= 0.3 is 0 Å². The summed E-state index contributed by atoms with van der Waals surface area (Å²) in [5, 5.41) is 0. The Hall–Kier alpha value is -0.580. The van der Waals surface area contributed by atoms with E-state index >= 15 is 0 Å². The van der Waals surface area contributed by atoms with Gasteiger partial charge in [0, 0.05) is 18.5 Å². The average Bonchev–Trinajstić information content (AvgIpc) is 2.37. The maximum Gasteiger partial charge on any atom is 0.214 e. The molecule has 0 saturated carbocycles. The van der Waals surface area contributed by atoms with Crippen molar-refractivity contribution < 1.29 is 8.42 Å². The Morgan fingerprint density at radius 2 is 1.78 bits per heavy atom. The average molecular weight is 290 g/mol. The molecule has 1 rings (SSSR count). The fraction of sp³-hybridized carbons (Fsp3) is 0.538. The lowest BCUT2D eigenvalue weighted by Crippen LogP contribution is -2.47. The van der Waals surface area contributed by atoms with Gasteiger partial charge in [0.15, 0.2) is 0 Å². The minimum absolute atomic E-state index is 0.105. The van der Waals surface area contributed by atoms with Crippen LogP contribution in [0.5, 0.6) is 0 Å². The lowest BCUT2D eigenvalue weighted by atomic mass is 10.1. The number of nitrogens with zero attached hydrogens (tertiary/aromatic N) is 1. The van der Waals surface area contributed by atoms with E-state index in [-0.39, 0.29) is 11.6 Å². The van der Waals surface area contributed by atoms with Crippen molar-refractivity contribution in [1.29, 1.82) is 0 Å². The van der Waals surface area contributed by atoms with E-state index in [1.807, 2.05) is 44.2 Å². The van der Waals surface area contributed by atoms with Gasteiger partial charge in [-0.05, 0) is 25.8 Å². The Kier molecular flexibility index (Phi) is 5.20. The fourth-order valence-corrected chi connectivity index (χ4v) is 3.32. The van der Waals surface area contributed by atoms with Gasteiger partial charge in [-0.1, -0.05) is 30.3 Å². The number of sulfonamides is 1. The van der Waals surface area contributed by atoms with Crippen LogP contribution >= 0.6 is 11.6 Å². The van der Waals surface area contributed by atoms with E-state index in [0.717, 1.165) is 5.56 Å². The van der Waals surface area contributed by atoms with E-state index in [1.54, 1.807) is 7.05 Å². The van der Waals surface area contributed by atoms with E-state index in [9.17, 15) is 8.42 Å². The summed E-state index contributed by atoms with van der Waals surface area (Å²) >= 11 is 5.81. The molecule has 0 spiro atoms. The summed E-state index contributed by atoms with van der Waals surface area (Å²) in [6, 6.07) is 9.61. The van der Waals surface area contributed by atoms with Crippen LogP contribution in [0.3, 0.4) is 0 Å². The number of hydrogen-bond acceptors (Lipinski definition) is 2. The largest absolute Gasteiger partial charge is 0.214 e. The van der Waals surface area contributed by atoms with Crippen LogP contribution in [-0.2, 0) is 16.4 Å². The molecule has 1 aromatic rings. The first-order valence-electron chi connectivity index (χ1n) is 5.86. The molecule has 0 saturated heterocycles. The highest BCUT2D eigenvalue weighted by molar-refractivity contribution is 7.89. The van der Waals surface area contributed by atoms with Crippen LogP contribution in [0.2, 0.25) is 0 Å². The van der Waals surface area contributed by atoms with Crippen LogP contribution in [0.15, 0.2) is 30.3 Å². The van der Waals surface area contributed by atoms with Crippen molar-refractivity contribution in [3.8, 4) is 0 Å². The minimum Gasteiger partial charge on any atom is -0.212 e. The van der Waals surface area contributed by atoms with Crippen molar-refractivity contribution in [2.75, 3.05) is 18.7 Å². The van der Waals surface area contributed by atoms with Crippen LogP contribution in [0.4, 0.5) is 0 Å². The molecule has 1 aromatic carbocycles. The van der Waals surface area contributed by atoms with Gasteiger partial charge in [0.2, 0.25) is 10.0 Å². The molecule has 0 fully saturated rings. The first kappa shape index (κ1) is 15.5. The molecule has 0 unspecified atom stereocenters. The fourth-order valence-electron chi connectivity index (χ4n) is 1.49. The second-order valence-electron chi connectivity index (χ2n) is 4.97. The van der Waals surface area contributed by atoms with Gasteiger partial charge in [-0.15, -0.1) is 11.6 Å². The Morgan fingerprint density at radius 1 is 1.22 bits per heavy atom. The summed E-state index contributed by atoms with van der Waals surface area (Å²) in [6.07, 6.45) is 0.520. The number of alkyl halides is 1. The molecule has 0 heterocycles. The van der Waals surface area contributed by atoms with Crippen molar-refractivity contribution in [3.63, 3.8) is 0 Å². The summed E-state index contributed by atoms with van der Waals surface area (Å²) < 4.78 is 25.7. The highest BCUT2D eigenvalue weighted by Gasteiger charge is 2.31. The maximum atomic E-state index is 12.2. The van der Waals surface area contributed by atoms with Crippen LogP contribution in [-0.4, -0.2) is 36.9 Å². The highest BCUT2D eigenvalue weighted by Crippen LogP contribution is 2.19. The van der Waals surface area contributed by atoms with Crippen molar-refractivity contribution in [2.45, 2.75) is 25.8 Å². The topological polar surface area (TPSA) is 37.4 Å². The predicted octanol–water partition coefficient (Wildman–Crippen LogP) is 2.51. The minimum atomic E-state index is -3.28. The van der Waals surface area contributed by atoms with Gasteiger partial charge in [-0.3, -0.25) is 0 Å². The number of rotatable bonds is 6. The third-order valence-electron chi connectivity index (χ3n) is 3.09. The molecular weight excluding hydrogens is 270 g/mol. The molecule has 5 heteroatoms. The zero-order valence-corrected chi connectivity index (χ0v) is 12.6. The molecule has 3 nitrogen and oxygen atoms in total. The van der Waals surface area contributed by atoms with Gasteiger partial charge in [0.05, 0.1) is 5.75 Å². The van der Waals surface area contributed by atoms with Gasteiger partial charge in [-0.2, -0.15) is 4.31 Å². The molecule has 0 radical (unpaired) electrons. The molecule has 0 aliphatic rings. The van der Waals surface area contributed by atoms with Crippen LogP contribution in [0.25, 0.3) is 0 Å². The SMILES string of the molecule is CN(C(C)(C)CCl)S(=O)(=O)CCc1ccccc1. The molecule has 0 atom stereocenters. The Bertz CT molecular complexity index is 471. The second-order valence-corrected chi connectivity index (χ2v) is 7.35. The highest BCUT2D eigenvalue weighted by atomic mass is 35.5. The van der Waals surface area contributed by atoms with Gasteiger partial charge in [-0.25, -0.2) is 8.42 Å². The van der Waals surface area contributed by atoms with E-state index in [2.05, 4.69) is 0 Å². The summed E-state index contributed by atoms with van der Waals surface area (Å²) in [5.41, 5.74) is 0.468. The molecule has 0 bridgehead atoms. The zero-order chi connectivity index (χ0) is 13.8. The first-order valence-corrected chi connectivity index (χ1v) is 8.00. The molecule has 0 amide bonds. The van der Waals surface area contributed by atoms with Crippen LogP contribution in [0.1, 0.15) is 19.4 Å². The number of hydrogen-bond donors (Lipinski definition) is 0. The number of benzene rings is 1. The molecule has 18 heavy (non-hydrogen) atoms. The van der Waals surface area contributed by atoms with Gasteiger partial charge < -0.3 is 0 Å². The lowest BCUT2D eigenvalue weighted by molar-refractivity contribution is 0.296. The first-order chi connectivity index (χ1) is 8.29. The molecule has 102 valence electrons. The summed E-state index contributed by atoms with van der Waals surface area (Å²) in [7, 11) is -1.69. The van der Waals surface area contributed by atoms with E-state index in [4.69, 9.17) is 11.6 Å². The Balaban J connectivity index is 2.71. The predicted molar refractivity (Wildman–Crippen MR) is 76.5 cm³/mol. The monoisotopic (exact) mass is 289 g/mol. The quantitative estimate of drug-likeness (QED) is 0.755. The van der Waals surface area contributed by atoms with Crippen LogP contribution < -0.4 is 0 Å². The molecule has 0 aliphatic carbocycles. The van der Waals surface area contributed by atoms with Crippen molar-refractivity contribution >= 4 is 21.6 Å². The summed E-state index contributed by atoms with van der Waals surface area (Å²) in [6.45, 7) is 3.64. The van der Waals surface area contributed by atoms with Gasteiger partial charge in [0.1, 0.15) is 0 Å². The third kappa shape index (κ3) is 3.97. The van der Waals surface area contributed by atoms with E-state index in [0.29, 0.717) is 6.42 Å². The molecule has 0 N–H and O–H groups in total. The smallest absolute Gasteiger partial charge is 0.212 e. The van der Waals surface area contributed by atoms with E-state index < -0.39 is 15.6 Å². The van der Waals surface area contributed by atoms with Crippen molar-refractivity contribution in [1.82, 2.24) is 4.31 Å². The van der Waals surface area contributed by atoms with Crippen LogP contribution in [0, 0.1) is 0 Å². The van der Waals surface area contributed by atoms with Crippen molar-refractivity contribution in [3.05, 3.63) is 35.9 Å². The zero-order valence-electron chi connectivity index (χ0n) is 11.1. The second kappa shape index (κ2) is 6.04. The number of aryl methyl sites for hydroxylation is 1. The Labute approximate surface area is 115 Å². The number of halogens is 1. The normalized spacial score (nSPS) is 12.9. The molecule has 0 aliphatic heterocycles. The maximum absolute atomic E-state index is 12.2. The Morgan fingerprint density at radius 3 is 2.28 bits per heavy atom. The summed E-state index contributed by atoms with van der Waals surface area (Å²) in [5.74, 6) is 0.377. The standard InChI is InChI=1S/C13H20ClNO2S/c1-13(2,11-14)15(3)18(16,17)10-9-12-7-5-4-6-8-12/h4-8H,9-11H2,1-3H3. The molecular formula is C13H20ClNO2S. The molecule has 0 aromatic heterocycles. The van der Waals surface area contributed by atoms with Gasteiger partial charge in [0.25, 0.3) is 0 Å². The lowest BCUT2D eigenvalue weighted by Gasteiger charge is -2.32. The third-order valence-corrected chi connectivity index (χ3v) is 5.79. The van der Waals surface area contributed by atoms with Crippen molar-refractivity contribution in [2.24, 2.45) is 0 Å².